The molecule has 0 spiro atoms. The first kappa shape index (κ1) is 21.3. The smallest absolute Gasteiger partial charge is 0.300 e. The van der Waals surface area contributed by atoms with E-state index in [1.54, 1.807) is 18.4 Å². The first-order valence-electron chi connectivity index (χ1n) is 9.25. The molecule has 1 atom stereocenters. The summed E-state index contributed by atoms with van der Waals surface area (Å²) in [6, 6.07) is 8.42. The summed E-state index contributed by atoms with van der Waals surface area (Å²) in [6.07, 6.45) is 0. The monoisotopic (exact) mass is 456 g/mol. The highest BCUT2D eigenvalue weighted by Gasteiger charge is 2.48. The molecule has 1 aliphatic heterocycles. The maximum absolute atomic E-state index is 13.9. The number of rotatable bonds is 4. The zero-order chi connectivity index (χ0) is 23.2. The van der Waals surface area contributed by atoms with Crippen molar-refractivity contribution in [1.29, 1.82) is 0 Å². The van der Waals surface area contributed by atoms with Crippen LogP contribution in [0.1, 0.15) is 22.0 Å². The summed E-state index contributed by atoms with van der Waals surface area (Å²) in [5.74, 6) is -5.01. The molecule has 4 rings (SSSR count). The van der Waals surface area contributed by atoms with Gasteiger partial charge in [-0.3, -0.25) is 24.6 Å². The average molecular weight is 456 g/mol. The van der Waals surface area contributed by atoms with Crippen LogP contribution in [0, 0.1) is 28.7 Å². The number of hydrogen-bond acceptors (Lipinski definition) is 6. The Balaban J connectivity index is 1.96. The molecule has 1 amide bonds. The van der Waals surface area contributed by atoms with Gasteiger partial charge in [0.2, 0.25) is 0 Å². The van der Waals surface area contributed by atoms with E-state index in [2.05, 4.69) is 0 Å². The van der Waals surface area contributed by atoms with Crippen molar-refractivity contribution in [2.75, 3.05) is 4.90 Å². The van der Waals surface area contributed by atoms with Crippen molar-refractivity contribution in [2.45, 2.75) is 13.0 Å². The van der Waals surface area contributed by atoms with Crippen molar-refractivity contribution in [3.05, 3.63) is 97.2 Å². The fraction of sp³-hybridized carbons (Fsp3) is 0.0909. The number of halogens is 2. The summed E-state index contributed by atoms with van der Waals surface area (Å²) in [4.78, 5) is 37.9. The largest absolute Gasteiger partial charge is 0.507 e. The number of carbonyl (C=O) groups excluding carboxylic acids is 2. The van der Waals surface area contributed by atoms with Crippen LogP contribution < -0.4 is 4.90 Å². The molecule has 162 valence electrons. The van der Waals surface area contributed by atoms with Crippen LogP contribution in [-0.2, 0) is 9.59 Å². The van der Waals surface area contributed by atoms with Crippen molar-refractivity contribution in [3.8, 4) is 0 Å². The molecule has 7 nitrogen and oxygen atoms in total. The van der Waals surface area contributed by atoms with E-state index in [-0.39, 0.29) is 22.5 Å². The molecule has 3 aromatic rings. The van der Waals surface area contributed by atoms with E-state index in [9.17, 15) is 33.6 Å². The number of hydrogen-bond donors (Lipinski definition) is 1. The van der Waals surface area contributed by atoms with Gasteiger partial charge in [0, 0.05) is 34.3 Å². The van der Waals surface area contributed by atoms with Crippen LogP contribution in [0.5, 0.6) is 0 Å². The summed E-state index contributed by atoms with van der Waals surface area (Å²) < 4.78 is 27.4. The minimum absolute atomic E-state index is 0.0262. The molecule has 2 heterocycles. The van der Waals surface area contributed by atoms with Gasteiger partial charge < -0.3 is 5.11 Å². The average Bonchev–Trinajstić information content (AvgIpc) is 3.30. The van der Waals surface area contributed by atoms with Crippen LogP contribution in [0.3, 0.4) is 0 Å². The Morgan fingerprint density at radius 3 is 2.50 bits per heavy atom. The number of nitro groups is 1. The molecule has 1 saturated heterocycles. The number of Topliss-reactive ketones (excluding diaryl/α,β-unsaturated/α-hetero) is 1. The number of carbonyl (C=O) groups is 2. The van der Waals surface area contributed by atoms with Crippen molar-refractivity contribution in [1.82, 2.24) is 0 Å². The fourth-order valence-corrected chi connectivity index (χ4v) is 4.59. The molecule has 1 fully saturated rings. The molecule has 10 heteroatoms. The van der Waals surface area contributed by atoms with E-state index < -0.39 is 40.0 Å². The third kappa shape index (κ3) is 3.44. The van der Waals surface area contributed by atoms with Crippen molar-refractivity contribution in [2.24, 2.45) is 0 Å². The SMILES string of the molecule is Cc1ccsc1C1/C(=C(/O)c2cccc([N+](=O)[O-])c2)C(=O)C(=O)N1c1ccc(F)c(F)c1. The van der Waals surface area contributed by atoms with Crippen LogP contribution >= 0.6 is 11.3 Å². The Morgan fingerprint density at radius 1 is 1.12 bits per heavy atom. The second kappa shape index (κ2) is 7.97. The summed E-state index contributed by atoms with van der Waals surface area (Å²) in [5, 5.41) is 23.8. The second-order valence-electron chi connectivity index (χ2n) is 7.04. The normalized spacial score (nSPS) is 17.7. The molecular formula is C22H14F2N2O5S. The standard InChI is InChI=1S/C22H14F2N2O5S/c1-11-7-8-32-21(11)18-17(19(27)12-3-2-4-14(9-12)26(30)31)20(28)22(29)25(18)13-5-6-15(23)16(24)10-13/h2-10,18,27H,1H3/b19-17-. The highest BCUT2D eigenvalue weighted by Crippen LogP contribution is 2.45. The number of anilines is 1. The molecule has 0 radical (unpaired) electrons. The lowest BCUT2D eigenvalue weighted by atomic mass is 9.98. The van der Waals surface area contributed by atoms with Crippen LogP contribution in [0.15, 0.2) is 59.5 Å². The number of nitrogens with zero attached hydrogens (tertiary/aromatic N) is 2. The maximum Gasteiger partial charge on any atom is 0.300 e. The number of aliphatic hydroxyl groups is 1. The first-order chi connectivity index (χ1) is 15.2. The first-order valence-corrected chi connectivity index (χ1v) is 10.1. The van der Waals surface area contributed by atoms with Crippen LogP contribution in [0.4, 0.5) is 20.2 Å². The Hall–Kier alpha value is -3.92. The molecule has 0 saturated carbocycles. The van der Waals surface area contributed by atoms with Gasteiger partial charge in [-0.1, -0.05) is 12.1 Å². The van der Waals surface area contributed by atoms with Gasteiger partial charge in [-0.2, -0.15) is 0 Å². The second-order valence-corrected chi connectivity index (χ2v) is 7.99. The number of non-ortho nitro benzene ring substituents is 1. The Morgan fingerprint density at radius 2 is 1.88 bits per heavy atom. The van der Waals surface area contributed by atoms with E-state index >= 15 is 0 Å². The lowest BCUT2D eigenvalue weighted by molar-refractivity contribution is -0.384. The van der Waals surface area contributed by atoms with Gasteiger partial charge in [0.25, 0.3) is 17.4 Å². The van der Waals surface area contributed by atoms with Crippen LogP contribution in [-0.4, -0.2) is 21.7 Å². The van der Waals surface area contributed by atoms with E-state index in [0.29, 0.717) is 10.4 Å². The van der Waals surface area contributed by atoms with Gasteiger partial charge >= 0.3 is 0 Å². The molecule has 32 heavy (non-hydrogen) atoms. The van der Waals surface area contributed by atoms with E-state index in [4.69, 9.17) is 0 Å². The Kier molecular flexibility index (Phi) is 5.31. The molecule has 2 aromatic carbocycles. The van der Waals surface area contributed by atoms with Gasteiger partial charge in [-0.05, 0) is 36.1 Å². The summed E-state index contributed by atoms with van der Waals surface area (Å²) in [6.45, 7) is 1.74. The van der Waals surface area contributed by atoms with Crippen molar-refractivity contribution < 1.29 is 28.4 Å². The number of ketones is 1. The fourth-order valence-electron chi connectivity index (χ4n) is 3.57. The Bertz CT molecular complexity index is 1320. The number of aryl methyl sites for hydroxylation is 1. The number of nitro benzene ring substituents is 1. The summed E-state index contributed by atoms with van der Waals surface area (Å²) in [7, 11) is 0. The minimum atomic E-state index is -1.20. The topological polar surface area (TPSA) is 101 Å². The predicted molar refractivity (Wildman–Crippen MR) is 113 cm³/mol. The lowest BCUT2D eigenvalue weighted by Gasteiger charge is -2.25. The number of amides is 1. The van der Waals surface area contributed by atoms with Gasteiger partial charge in [0.05, 0.1) is 10.5 Å². The maximum atomic E-state index is 13.9. The van der Waals surface area contributed by atoms with Crippen molar-refractivity contribution in [3.63, 3.8) is 0 Å². The molecule has 0 bridgehead atoms. The van der Waals surface area contributed by atoms with Gasteiger partial charge in [0.15, 0.2) is 11.6 Å². The number of aliphatic hydroxyl groups excluding tert-OH is 1. The Labute approximate surface area is 184 Å². The van der Waals surface area contributed by atoms with Gasteiger partial charge in [-0.25, -0.2) is 8.78 Å². The summed E-state index contributed by atoms with van der Waals surface area (Å²) in [5.41, 5.74) is 0.00142. The number of benzene rings is 2. The van der Waals surface area contributed by atoms with Crippen molar-refractivity contribution >= 4 is 40.2 Å². The molecule has 1 unspecified atom stereocenters. The highest BCUT2D eigenvalue weighted by atomic mass is 32.1. The van der Waals surface area contributed by atoms with E-state index in [0.717, 1.165) is 29.2 Å². The zero-order valence-electron chi connectivity index (χ0n) is 16.4. The van der Waals surface area contributed by atoms with E-state index in [1.807, 2.05) is 0 Å². The molecule has 0 aliphatic carbocycles. The molecule has 1 aromatic heterocycles. The number of thiophene rings is 1. The lowest BCUT2D eigenvalue weighted by Crippen LogP contribution is -2.29. The third-order valence-electron chi connectivity index (χ3n) is 5.11. The van der Waals surface area contributed by atoms with Gasteiger partial charge in [-0.15, -0.1) is 11.3 Å². The van der Waals surface area contributed by atoms with Crippen LogP contribution in [0.2, 0.25) is 0 Å². The predicted octanol–water partition coefficient (Wildman–Crippen LogP) is 4.87. The molecule has 1 N–H and O–H groups in total. The highest BCUT2D eigenvalue weighted by molar-refractivity contribution is 7.10. The zero-order valence-corrected chi connectivity index (χ0v) is 17.2. The molecular weight excluding hydrogens is 442 g/mol. The van der Waals surface area contributed by atoms with Gasteiger partial charge in [0.1, 0.15) is 11.8 Å². The van der Waals surface area contributed by atoms with Crippen LogP contribution in [0.25, 0.3) is 5.76 Å². The summed E-state index contributed by atoms with van der Waals surface area (Å²) >= 11 is 1.21. The quantitative estimate of drug-likeness (QED) is 0.198. The minimum Gasteiger partial charge on any atom is -0.507 e. The third-order valence-corrected chi connectivity index (χ3v) is 6.18. The van der Waals surface area contributed by atoms with E-state index in [1.165, 1.54) is 29.5 Å². The molecule has 1 aliphatic rings.